The van der Waals surface area contributed by atoms with E-state index in [4.69, 9.17) is 0 Å². The van der Waals surface area contributed by atoms with Crippen LogP contribution in [-0.4, -0.2) is 21.1 Å². The van der Waals surface area contributed by atoms with Crippen LogP contribution in [0, 0.1) is 0 Å². The quantitative estimate of drug-likeness (QED) is 0.369. The van der Waals surface area contributed by atoms with Crippen LogP contribution < -0.4 is 0 Å². The second kappa shape index (κ2) is 3.57. The molecule has 0 N–H and O–H groups in total. The topological polar surface area (TPSA) is 9.23 Å². The fourth-order valence-corrected chi connectivity index (χ4v) is 0.293. The first kappa shape index (κ1) is 6.38. The molecule has 0 unspecified atom stereocenters. The van der Waals surface area contributed by atoms with Gasteiger partial charge in [0.15, 0.2) is 14.4 Å². The Kier molecular flexibility index (Phi) is 3.80. The highest BCUT2D eigenvalue weighted by Gasteiger charge is 1.85. The fraction of sp³-hybridized carbons (Fsp3) is 1.00. The lowest BCUT2D eigenvalue weighted by molar-refractivity contribution is 0.217. The normalized spacial score (nSPS) is 14.3. The Labute approximate surface area is 39.1 Å². The van der Waals surface area contributed by atoms with Gasteiger partial charge in [-0.2, -0.15) is 0 Å². The molecule has 0 aromatic rings. The maximum atomic E-state index is 11.0. The molecule has 0 aromatic heterocycles. The molecule has 0 radical (unpaired) electrons. The summed E-state index contributed by atoms with van der Waals surface area (Å²) in [6, 6.07) is 0. The van der Waals surface area contributed by atoms with Crippen LogP contribution in [0.4, 0.5) is 4.39 Å². The van der Waals surface area contributed by atoms with Gasteiger partial charge in [0.2, 0.25) is 0 Å². The Hall–Kier alpha value is 0.385. The molecule has 0 saturated carbocycles. The van der Waals surface area contributed by atoms with Crippen molar-refractivity contribution < 1.29 is 8.91 Å². The summed E-state index contributed by atoms with van der Waals surface area (Å²) in [5, 5.41) is 0. The van der Waals surface area contributed by atoms with Crippen LogP contribution >= 0.6 is 8.03 Å². The zero-order valence-corrected chi connectivity index (χ0v) is 4.83. The lowest BCUT2D eigenvalue weighted by Crippen LogP contribution is -1.76. The molecule has 0 aromatic carbocycles. The molecule has 0 bridgehead atoms. The molecular weight excluding hydrogens is 101 g/mol. The Bertz CT molecular complexity index is 34.7. The van der Waals surface area contributed by atoms with Gasteiger partial charge < -0.3 is 4.52 Å². The molecule has 0 amide bonds. The number of hydrogen-bond donors (Lipinski definition) is 0. The molecule has 4 heteroatoms. The zero-order valence-electron chi connectivity index (χ0n) is 3.94. The second-order valence-electron chi connectivity index (χ2n) is 1.05. The highest BCUT2D eigenvalue weighted by molar-refractivity contribution is 7.77. The third-order valence-electron chi connectivity index (χ3n) is 0.307. The molecule has 0 spiro atoms. The van der Waals surface area contributed by atoms with E-state index in [1.165, 1.54) is 0 Å². The van der Waals surface area contributed by atoms with Crippen LogP contribution in [0.2, 0.25) is 0 Å². The van der Waals surface area contributed by atoms with Gasteiger partial charge in [-0.15, -0.1) is 0 Å². The summed E-state index contributed by atoms with van der Waals surface area (Å²) in [5.74, 6) is 0. The van der Waals surface area contributed by atoms with Gasteiger partial charge in [0.05, 0.1) is 0 Å². The average molecular weight is 108 g/mol. The van der Waals surface area contributed by atoms with E-state index in [0.29, 0.717) is 0 Å². The molecule has 0 heterocycles. The smallest absolute Gasteiger partial charge is 0.190 e. The molecule has 1 atom stereocenters. The molecule has 0 saturated heterocycles. The number of halogens is 1. The average Bonchev–Trinajstić information content (AvgIpc) is 1.35. The van der Waals surface area contributed by atoms with E-state index in [9.17, 15) is 4.39 Å². The van der Waals surface area contributed by atoms with E-state index in [2.05, 4.69) is 4.52 Å². The standard InChI is InChI=1S/C2H7BFOP/c1-6(3)5-2-4/h2-3H2,1H3/t6-/m1/s1. The van der Waals surface area contributed by atoms with E-state index in [0.717, 1.165) is 0 Å². The maximum Gasteiger partial charge on any atom is 0.190 e. The molecule has 36 valence electrons. The Morgan fingerprint density at radius 3 is 2.50 bits per heavy atom. The van der Waals surface area contributed by atoms with Crippen molar-refractivity contribution in [3.8, 4) is 0 Å². The zero-order chi connectivity index (χ0) is 4.99. The Morgan fingerprint density at radius 1 is 2.00 bits per heavy atom. The minimum atomic E-state index is -0.640. The van der Waals surface area contributed by atoms with E-state index in [-0.39, 0.29) is 0 Å². The summed E-state index contributed by atoms with van der Waals surface area (Å²) in [6.07, 6.45) is 0. The molecule has 0 fully saturated rings. The van der Waals surface area contributed by atoms with Crippen molar-refractivity contribution in [3.05, 3.63) is 0 Å². The van der Waals surface area contributed by atoms with Gasteiger partial charge in [0.25, 0.3) is 0 Å². The van der Waals surface area contributed by atoms with Crippen LogP contribution in [-0.2, 0) is 4.52 Å². The van der Waals surface area contributed by atoms with Crippen LogP contribution in [0.3, 0.4) is 0 Å². The van der Waals surface area contributed by atoms with Crippen molar-refractivity contribution in [1.82, 2.24) is 0 Å². The second-order valence-corrected chi connectivity index (χ2v) is 2.93. The first-order valence-electron chi connectivity index (χ1n) is 1.63. The lowest BCUT2D eigenvalue weighted by atomic mass is 10.8. The number of rotatable bonds is 2. The first-order chi connectivity index (χ1) is 2.77. The van der Waals surface area contributed by atoms with Crippen molar-refractivity contribution in [2.24, 2.45) is 0 Å². The third kappa shape index (κ3) is 4.38. The number of hydrogen-bond acceptors (Lipinski definition) is 1. The van der Waals surface area contributed by atoms with Crippen molar-refractivity contribution in [2.45, 2.75) is 0 Å². The summed E-state index contributed by atoms with van der Waals surface area (Å²) in [4.78, 5) is 0. The molecular formula is C2H7BFOP. The van der Waals surface area contributed by atoms with Crippen LogP contribution in [0.15, 0.2) is 0 Å². The Morgan fingerprint density at radius 2 is 2.50 bits per heavy atom. The van der Waals surface area contributed by atoms with E-state index in [1.54, 1.807) is 0 Å². The Balaban J connectivity index is 2.63. The van der Waals surface area contributed by atoms with Crippen LogP contribution in [0.1, 0.15) is 0 Å². The molecule has 0 rings (SSSR count). The summed E-state index contributed by atoms with van der Waals surface area (Å²) < 4.78 is 15.5. The van der Waals surface area contributed by atoms with Crippen molar-refractivity contribution >= 4 is 15.6 Å². The van der Waals surface area contributed by atoms with E-state index in [1.807, 2.05) is 14.2 Å². The van der Waals surface area contributed by atoms with Gasteiger partial charge in [0, 0.05) is 0 Å². The van der Waals surface area contributed by atoms with E-state index < -0.39 is 14.9 Å². The predicted octanol–water partition coefficient (Wildman–Crippen LogP) is 0.505. The predicted molar refractivity (Wildman–Crippen MR) is 28.4 cm³/mol. The van der Waals surface area contributed by atoms with E-state index >= 15 is 0 Å². The monoisotopic (exact) mass is 108 g/mol. The van der Waals surface area contributed by atoms with Gasteiger partial charge in [-0.3, -0.25) is 0 Å². The van der Waals surface area contributed by atoms with Crippen LogP contribution in [0.5, 0.6) is 0 Å². The SMILES string of the molecule is B[P@@](C)OCF. The lowest BCUT2D eigenvalue weighted by Gasteiger charge is -1.98. The molecule has 6 heavy (non-hydrogen) atoms. The summed E-state index contributed by atoms with van der Waals surface area (Å²) in [7, 11) is 1.38. The minimum absolute atomic E-state index is 0.476. The van der Waals surface area contributed by atoms with Gasteiger partial charge >= 0.3 is 0 Å². The van der Waals surface area contributed by atoms with Crippen molar-refractivity contribution in [2.75, 3.05) is 13.5 Å². The van der Waals surface area contributed by atoms with Gasteiger partial charge in [-0.25, -0.2) is 4.39 Å². The maximum absolute atomic E-state index is 11.0. The van der Waals surface area contributed by atoms with Gasteiger partial charge in [-0.05, 0) is 14.7 Å². The highest BCUT2D eigenvalue weighted by atomic mass is 31.1. The van der Waals surface area contributed by atoms with Crippen molar-refractivity contribution in [1.29, 1.82) is 0 Å². The van der Waals surface area contributed by atoms with Gasteiger partial charge in [-0.1, -0.05) is 0 Å². The molecule has 0 aliphatic rings. The fourth-order valence-electron chi connectivity index (χ4n) is 0.0976. The molecule has 1 nitrogen and oxygen atoms in total. The molecule has 0 aliphatic heterocycles. The third-order valence-corrected chi connectivity index (χ3v) is 0.921. The summed E-state index contributed by atoms with van der Waals surface area (Å²) in [5.41, 5.74) is 0. The largest absolute Gasteiger partial charge is 0.338 e. The summed E-state index contributed by atoms with van der Waals surface area (Å²) in [6.45, 7) is 1.22. The van der Waals surface area contributed by atoms with Crippen molar-refractivity contribution in [3.63, 3.8) is 0 Å². The first-order valence-corrected chi connectivity index (χ1v) is 3.79. The minimum Gasteiger partial charge on any atom is -0.338 e. The van der Waals surface area contributed by atoms with Crippen LogP contribution in [0.25, 0.3) is 0 Å². The summed E-state index contributed by atoms with van der Waals surface area (Å²) >= 11 is 0. The highest BCUT2D eigenvalue weighted by Crippen LogP contribution is 2.23. The molecule has 0 aliphatic carbocycles. The number of alkyl halides is 1. The van der Waals surface area contributed by atoms with Gasteiger partial charge in [0.1, 0.15) is 0 Å².